The van der Waals surface area contributed by atoms with Crippen LogP contribution in [0.15, 0.2) is 41.9 Å². The van der Waals surface area contributed by atoms with Crippen LogP contribution in [0.1, 0.15) is 19.0 Å². The second kappa shape index (κ2) is 7.32. The van der Waals surface area contributed by atoms with Gasteiger partial charge in [-0.15, -0.1) is 28.3 Å². The highest BCUT2D eigenvalue weighted by Crippen LogP contribution is 2.37. The largest absolute Gasteiger partial charge is 0.454 e. The van der Waals surface area contributed by atoms with Crippen LogP contribution in [0.3, 0.4) is 0 Å². The van der Waals surface area contributed by atoms with Crippen LogP contribution in [0.5, 0.6) is 11.5 Å². The molecule has 0 spiro atoms. The highest BCUT2D eigenvalue weighted by Gasteiger charge is 2.15. The lowest BCUT2D eigenvalue weighted by atomic mass is 10.1. The van der Waals surface area contributed by atoms with E-state index in [0.717, 1.165) is 51.9 Å². The molecule has 0 saturated heterocycles. The van der Waals surface area contributed by atoms with Crippen molar-refractivity contribution in [3.63, 3.8) is 0 Å². The molecule has 1 aliphatic heterocycles. The first kappa shape index (κ1) is 16.9. The fourth-order valence-electron chi connectivity index (χ4n) is 2.60. The normalized spacial score (nSPS) is 12.0. The van der Waals surface area contributed by atoms with E-state index in [1.54, 1.807) is 11.3 Å². The Hall–Kier alpha value is -1.92. The molecule has 0 unspecified atom stereocenters. The minimum Gasteiger partial charge on any atom is -0.454 e. The number of benzene rings is 1. The van der Waals surface area contributed by atoms with E-state index >= 15 is 0 Å². The number of aromatic nitrogens is 2. The Morgan fingerprint density at radius 2 is 1.96 bits per heavy atom. The summed E-state index contributed by atoms with van der Waals surface area (Å²) in [6.45, 7) is 2.45. The van der Waals surface area contributed by atoms with Crippen molar-refractivity contribution in [1.82, 2.24) is 9.97 Å². The van der Waals surface area contributed by atoms with E-state index in [9.17, 15) is 0 Å². The Balaban J connectivity index is 0.00000169. The summed E-state index contributed by atoms with van der Waals surface area (Å²) in [4.78, 5) is 9.18. The Bertz CT molecular complexity index is 851. The summed E-state index contributed by atoms with van der Waals surface area (Å²) >= 11 is 1.65. The second-order valence-corrected chi connectivity index (χ2v) is 6.25. The van der Waals surface area contributed by atoms with Gasteiger partial charge in [-0.2, -0.15) is 0 Å². The third-order valence-corrected chi connectivity index (χ3v) is 4.63. The van der Waals surface area contributed by atoms with Crippen molar-refractivity contribution in [2.45, 2.75) is 19.8 Å². The molecule has 24 heavy (non-hydrogen) atoms. The first-order valence-electron chi connectivity index (χ1n) is 7.64. The molecule has 0 saturated carbocycles. The molecule has 6 heteroatoms. The van der Waals surface area contributed by atoms with Gasteiger partial charge in [0.25, 0.3) is 0 Å². The zero-order valence-corrected chi connectivity index (χ0v) is 15.7. The second-order valence-electron chi connectivity index (χ2n) is 5.39. The summed E-state index contributed by atoms with van der Waals surface area (Å²) in [5.41, 5.74) is 4.24. The van der Waals surface area contributed by atoms with Gasteiger partial charge in [-0.1, -0.05) is 13.3 Å². The van der Waals surface area contributed by atoms with E-state index in [1.807, 2.05) is 30.5 Å². The lowest BCUT2D eigenvalue weighted by Crippen LogP contribution is -1.92. The molecule has 3 heterocycles. The Morgan fingerprint density at radius 1 is 1.08 bits per heavy atom. The van der Waals surface area contributed by atoms with Crippen molar-refractivity contribution in [3.8, 4) is 33.3 Å². The molecule has 0 amide bonds. The summed E-state index contributed by atoms with van der Waals surface area (Å²) in [6, 6.07) is 10.1. The van der Waals surface area contributed by atoms with Crippen molar-refractivity contribution in [2.75, 3.05) is 6.79 Å². The molecular formula is C18H17BrN2O2S. The zero-order chi connectivity index (χ0) is 15.6. The van der Waals surface area contributed by atoms with Crippen molar-refractivity contribution < 1.29 is 9.47 Å². The SMILES string of the molecule is Br.CCCc1cc(-c2nc(-c3ccc4c(c3)OCO4)cs2)ccn1. The first-order valence-corrected chi connectivity index (χ1v) is 8.52. The van der Waals surface area contributed by atoms with Crippen LogP contribution < -0.4 is 9.47 Å². The topological polar surface area (TPSA) is 44.2 Å². The van der Waals surface area contributed by atoms with Crippen molar-refractivity contribution in [2.24, 2.45) is 0 Å². The van der Waals surface area contributed by atoms with E-state index < -0.39 is 0 Å². The van der Waals surface area contributed by atoms with E-state index in [2.05, 4.69) is 23.4 Å². The minimum atomic E-state index is 0. The number of aryl methyl sites for hydroxylation is 1. The molecule has 0 atom stereocenters. The quantitative estimate of drug-likeness (QED) is 0.604. The van der Waals surface area contributed by atoms with Crippen LogP contribution in [0.2, 0.25) is 0 Å². The molecule has 0 fully saturated rings. The third kappa shape index (κ3) is 3.30. The Morgan fingerprint density at radius 3 is 2.83 bits per heavy atom. The molecule has 1 aliphatic rings. The zero-order valence-electron chi connectivity index (χ0n) is 13.2. The van der Waals surface area contributed by atoms with Crippen LogP contribution >= 0.6 is 28.3 Å². The van der Waals surface area contributed by atoms with Gasteiger partial charge in [0.2, 0.25) is 6.79 Å². The number of hydrogen-bond donors (Lipinski definition) is 0. The lowest BCUT2D eigenvalue weighted by molar-refractivity contribution is 0.174. The summed E-state index contributed by atoms with van der Waals surface area (Å²) in [5.74, 6) is 1.58. The molecule has 0 radical (unpaired) electrons. The van der Waals surface area contributed by atoms with Crippen LogP contribution in [0.4, 0.5) is 0 Å². The van der Waals surface area contributed by atoms with E-state index in [4.69, 9.17) is 14.5 Å². The molecule has 3 aromatic rings. The minimum absolute atomic E-state index is 0. The predicted molar refractivity (Wildman–Crippen MR) is 101 cm³/mol. The predicted octanol–water partition coefficient (Wildman–Crippen LogP) is 5.13. The standard InChI is InChI=1S/C18H16N2O2S.BrH/c1-2-3-14-8-13(6-7-19-14)18-20-15(10-23-18)12-4-5-16-17(9-12)22-11-21-16;/h4-10H,2-3,11H2,1H3;1H. The number of rotatable bonds is 4. The number of halogens is 1. The molecule has 0 N–H and O–H groups in total. The number of pyridine rings is 1. The van der Waals surface area contributed by atoms with Gasteiger partial charge in [-0.3, -0.25) is 4.98 Å². The third-order valence-electron chi connectivity index (χ3n) is 3.74. The van der Waals surface area contributed by atoms with Crippen LogP contribution in [0.25, 0.3) is 21.8 Å². The number of thiazole rings is 1. The summed E-state index contributed by atoms with van der Waals surface area (Å²) in [5, 5.41) is 3.09. The van der Waals surface area contributed by atoms with Crippen LogP contribution in [-0.2, 0) is 6.42 Å². The van der Waals surface area contributed by atoms with Gasteiger partial charge in [-0.25, -0.2) is 4.98 Å². The smallest absolute Gasteiger partial charge is 0.231 e. The molecule has 0 bridgehead atoms. The van der Waals surface area contributed by atoms with Gasteiger partial charge in [0.1, 0.15) is 5.01 Å². The van der Waals surface area contributed by atoms with Gasteiger partial charge in [0.15, 0.2) is 11.5 Å². The maximum Gasteiger partial charge on any atom is 0.231 e. The fraction of sp³-hybridized carbons (Fsp3) is 0.222. The van der Waals surface area contributed by atoms with Crippen molar-refractivity contribution in [1.29, 1.82) is 0 Å². The van der Waals surface area contributed by atoms with E-state index in [0.29, 0.717) is 6.79 Å². The first-order chi connectivity index (χ1) is 11.3. The monoisotopic (exact) mass is 404 g/mol. The highest BCUT2D eigenvalue weighted by atomic mass is 79.9. The van der Waals surface area contributed by atoms with Gasteiger partial charge >= 0.3 is 0 Å². The number of hydrogen-bond acceptors (Lipinski definition) is 5. The van der Waals surface area contributed by atoms with Gasteiger partial charge in [0, 0.05) is 28.4 Å². The molecular weight excluding hydrogens is 388 g/mol. The average molecular weight is 405 g/mol. The fourth-order valence-corrected chi connectivity index (χ4v) is 3.43. The highest BCUT2D eigenvalue weighted by molar-refractivity contribution is 8.93. The molecule has 1 aromatic carbocycles. The number of ether oxygens (including phenoxy) is 2. The van der Waals surface area contributed by atoms with Crippen molar-refractivity contribution >= 4 is 28.3 Å². The lowest BCUT2D eigenvalue weighted by Gasteiger charge is -2.01. The summed E-state index contributed by atoms with van der Waals surface area (Å²) in [7, 11) is 0. The van der Waals surface area contributed by atoms with Crippen LogP contribution in [-0.4, -0.2) is 16.8 Å². The van der Waals surface area contributed by atoms with E-state index in [-0.39, 0.29) is 17.0 Å². The van der Waals surface area contributed by atoms with Gasteiger partial charge in [0.05, 0.1) is 5.69 Å². The average Bonchev–Trinajstić information content (AvgIpc) is 3.24. The Kier molecular flexibility index (Phi) is 5.16. The Labute approximate surface area is 155 Å². The van der Waals surface area contributed by atoms with Gasteiger partial charge < -0.3 is 9.47 Å². The molecule has 124 valence electrons. The molecule has 4 nitrogen and oxygen atoms in total. The number of fused-ring (bicyclic) bond motifs is 1. The number of nitrogens with zero attached hydrogens (tertiary/aromatic N) is 2. The summed E-state index contributed by atoms with van der Waals surface area (Å²) in [6.07, 6.45) is 3.95. The molecule has 2 aromatic heterocycles. The molecule has 0 aliphatic carbocycles. The maximum absolute atomic E-state index is 5.44. The molecule has 4 rings (SSSR count). The van der Waals surface area contributed by atoms with E-state index in [1.165, 1.54) is 0 Å². The van der Waals surface area contributed by atoms with Crippen LogP contribution in [0, 0.1) is 0 Å². The van der Waals surface area contributed by atoms with Crippen molar-refractivity contribution in [3.05, 3.63) is 47.6 Å². The van der Waals surface area contributed by atoms with Gasteiger partial charge in [-0.05, 0) is 36.8 Å². The maximum atomic E-state index is 5.44. The summed E-state index contributed by atoms with van der Waals surface area (Å²) < 4.78 is 10.8.